The van der Waals surface area contributed by atoms with E-state index < -0.39 is 0 Å². The third kappa shape index (κ3) is 2.57. The van der Waals surface area contributed by atoms with E-state index in [1.807, 2.05) is 26.8 Å². The predicted octanol–water partition coefficient (Wildman–Crippen LogP) is 4.03. The topological polar surface area (TPSA) is 48.1 Å². The summed E-state index contributed by atoms with van der Waals surface area (Å²) < 4.78 is 5.76. The first-order valence-electron chi connectivity index (χ1n) is 5.64. The van der Waals surface area contributed by atoms with E-state index in [0.29, 0.717) is 16.6 Å². The molecule has 18 heavy (non-hydrogen) atoms. The molecule has 0 aliphatic rings. The summed E-state index contributed by atoms with van der Waals surface area (Å²) in [5, 5.41) is 0.497. The van der Waals surface area contributed by atoms with Gasteiger partial charge in [-0.25, -0.2) is 4.98 Å². The lowest BCUT2D eigenvalue weighted by molar-refractivity contribution is 0.461. The second-order valence-electron chi connectivity index (χ2n) is 4.35. The van der Waals surface area contributed by atoms with Crippen molar-refractivity contribution in [3.63, 3.8) is 0 Å². The minimum absolute atomic E-state index is 0.382. The number of nitrogens with zero attached hydrogens (tertiary/aromatic N) is 1. The number of nitrogen functional groups attached to an aromatic ring is 1. The molecular weight excluding hydrogens is 248 g/mol. The zero-order chi connectivity index (χ0) is 13.3. The Labute approximate surface area is 112 Å². The van der Waals surface area contributed by atoms with Gasteiger partial charge >= 0.3 is 0 Å². The fourth-order valence-corrected chi connectivity index (χ4v) is 1.90. The molecule has 3 nitrogen and oxygen atoms in total. The molecule has 2 aromatic rings. The highest BCUT2D eigenvalue weighted by Gasteiger charge is 2.09. The third-order valence-electron chi connectivity index (χ3n) is 2.82. The lowest BCUT2D eigenvalue weighted by Gasteiger charge is -2.12. The van der Waals surface area contributed by atoms with Gasteiger partial charge in [-0.2, -0.15) is 0 Å². The Morgan fingerprint density at radius 1 is 1.17 bits per heavy atom. The van der Waals surface area contributed by atoms with Gasteiger partial charge in [0.25, 0.3) is 0 Å². The van der Waals surface area contributed by atoms with E-state index in [1.54, 1.807) is 6.07 Å². The minimum Gasteiger partial charge on any atom is -0.437 e. The van der Waals surface area contributed by atoms with Crippen molar-refractivity contribution in [2.75, 3.05) is 5.73 Å². The number of halogens is 1. The summed E-state index contributed by atoms with van der Waals surface area (Å²) in [6.45, 7) is 6.09. The van der Waals surface area contributed by atoms with Crippen LogP contribution in [-0.2, 0) is 0 Å². The summed E-state index contributed by atoms with van der Waals surface area (Å²) in [6.07, 6.45) is 1.52. The minimum atomic E-state index is 0.382. The SMILES string of the molecule is Cc1cc(C)c(C)c(Oc2ncc(Cl)cc2N)c1. The molecule has 0 fully saturated rings. The van der Waals surface area contributed by atoms with Crippen molar-refractivity contribution in [1.82, 2.24) is 4.98 Å². The molecule has 0 bridgehead atoms. The van der Waals surface area contributed by atoms with E-state index in [2.05, 4.69) is 11.1 Å². The van der Waals surface area contributed by atoms with Crippen LogP contribution >= 0.6 is 11.6 Å². The van der Waals surface area contributed by atoms with Crippen LogP contribution in [-0.4, -0.2) is 4.98 Å². The summed E-state index contributed by atoms with van der Waals surface area (Å²) in [6, 6.07) is 5.71. The van der Waals surface area contributed by atoms with Crippen LogP contribution in [0.2, 0.25) is 5.02 Å². The Balaban J connectivity index is 2.40. The van der Waals surface area contributed by atoms with E-state index in [-0.39, 0.29) is 0 Å². The number of aryl methyl sites for hydroxylation is 2. The molecule has 94 valence electrons. The standard InChI is InChI=1S/C14H15ClN2O/c1-8-4-9(2)10(3)13(5-8)18-14-12(16)6-11(15)7-17-14/h4-7H,16H2,1-3H3. The van der Waals surface area contributed by atoms with E-state index in [0.717, 1.165) is 16.9 Å². The van der Waals surface area contributed by atoms with Crippen molar-refractivity contribution >= 4 is 17.3 Å². The van der Waals surface area contributed by atoms with Crippen molar-refractivity contribution in [1.29, 1.82) is 0 Å². The summed E-state index contributed by atoms with van der Waals surface area (Å²) in [5.41, 5.74) is 9.65. The fourth-order valence-electron chi connectivity index (χ4n) is 1.74. The van der Waals surface area contributed by atoms with Gasteiger partial charge in [0, 0.05) is 6.20 Å². The Morgan fingerprint density at radius 3 is 2.56 bits per heavy atom. The van der Waals surface area contributed by atoms with Crippen LogP contribution in [0.15, 0.2) is 24.4 Å². The van der Waals surface area contributed by atoms with Gasteiger partial charge in [-0.1, -0.05) is 17.7 Å². The van der Waals surface area contributed by atoms with Crippen LogP contribution in [0.5, 0.6) is 11.6 Å². The molecule has 2 N–H and O–H groups in total. The number of ether oxygens (including phenoxy) is 1. The summed E-state index contributed by atoms with van der Waals surface area (Å²) in [4.78, 5) is 4.09. The Bertz CT molecular complexity index is 597. The van der Waals surface area contributed by atoms with E-state index in [1.165, 1.54) is 11.8 Å². The average molecular weight is 263 g/mol. The second-order valence-corrected chi connectivity index (χ2v) is 4.79. The summed E-state index contributed by atoms with van der Waals surface area (Å²) >= 11 is 5.80. The van der Waals surface area contributed by atoms with Gasteiger partial charge in [-0.3, -0.25) is 0 Å². The van der Waals surface area contributed by atoms with Crippen molar-refractivity contribution in [3.8, 4) is 11.6 Å². The molecule has 0 aliphatic carbocycles. The van der Waals surface area contributed by atoms with Crippen molar-refractivity contribution in [3.05, 3.63) is 46.1 Å². The first kappa shape index (κ1) is 12.7. The quantitative estimate of drug-likeness (QED) is 0.889. The van der Waals surface area contributed by atoms with E-state index >= 15 is 0 Å². The largest absolute Gasteiger partial charge is 0.437 e. The molecule has 0 radical (unpaired) electrons. The second kappa shape index (κ2) is 4.86. The van der Waals surface area contributed by atoms with Crippen LogP contribution in [0.1, 0.15) is 16.7 Å². The van der Waals surface area contributed by atoms with E-state index in [4.69, 9.17) is 22.1 Å². The van der Waals surface area contributed by atoms with Gasteiger partial charge < -0.3 is 10.5 Å². The summed E-state index contributed by atoms with van der Waals surface area (Å²) in [5.74, 6) is 1.15. The highest BCUT2D eigenvalue weighted by Crippen LogP contribution is 2.31. The van der Waals surface area contributed by atoms with Gasteiger partial charge in [0.1, 0.15) is 5.75 Å². The van der Waals surface area contributed by atoms with Crippen molar-refractivity contribution in [2.24, 2.45) is 0 Å². The lowest BCUT2D eigenvalue weighted by Crippen LogP contribution is -1.97. The van der Waals surface area contributed by atoms with Gasteiger partial charge in [0.2, 0.25) is 5.88 Å². The Hall–Kier alpha value is -1.74. The maximum absolute atomic E-state index is 5.82. The maximum atomic E-state index is 5.82. The molecule has 0 spiro atoms. The zero-order valence-corrected chi connectivity index (χ0v) is 11.4. The molecule has 0 amide bonds. The number of anilines is 1. The van der Waals surface area contributed by atoms with Crippen LogP contribution in [0.25, 0.3) is 0 Å². The van der Waals surface area contributed by atoms with Gasteiger partial charge in [-0.15, -0.1) is 0 Å². The number of hydrogen-bond donors (Lipinski definition) is 1. The van der Waals surface area contributed by atoms with Crippen LogP contribution in [0.4, 0.5) is 5.69 Å². The molecule has 0 saturated heterocycles. The fraction of sp³-hybridized carbons (Fsp3) is 0.214. The molecule has 1 heterocycles. The summed E-state index contributed by atoms with van der Waals surface area (Å²) in [7, 11) is 0. The van der Waals surface area contributed by atoms with Gasteiger partial charge in [-0.05, 0) is 49.6 Å². The normalized spacial score (nSPS) is 10.4. The predicted molar refractivity (Wildman–Crippen MR) is 74.4 cm³/mol. The van der Waals surface area contributed by atoms with Crippen LogP contribution < -0.4 is 10.5 Å². The van der Waals surface area contributed by atoms with Gasteiger partial charge in [0.15, 0.2) is 0 Å². The number of benzene rings is 1. The smallest absolute Gasteiger partial charge is 0.242 e. The molecule has 0 saturated carbocycles. The molecule has 4 heteroatoms. The van der Waals surface area contributed by atoms with E-state index in [9.17, 15) is 0 Å². The van der Waals surface area contributed by atoms with Crippen LogP contribution in [0.3, 0.4) is 0 Å². The number of hydrogen-bond acceptors (Lipinski definition) is 3. The Morgan fingerprint density at radius 2 is 1.89 bits per heavy atom. The number of aromatic nitrogens is 1. The van der Waals surface area contributed by atoms with Crippen molar-refractivity contribution in [2.45, 2.75) is 20.8 Å². The maximum Gasteiger partial charge on any atom is 0.242 e. The third-order valence-corrected chi connectivity index (χ3v) is 3.02. The number of nitrogens with two attached hydrogens (primary N) is 1. The lowest BCUT2D eigenvalue weighted by atomic mass is 10.1. The highest BCUT2D eigenvalue weighted by atomic mass is 35.5. The molecule has 0 unspecified atom stereocenters. The molecule has 2 rings (SSSR count). The number of pyridine rings is 1. The Kier molecular flexibility index (Phi) is 3.43. The average Bonchev–Trinajstić information content (AvgIpc) is 2.29. The monoisotopic (exact) mass is 262 g/mol. The molecule has 1 aromatic heterocycles. The highest BCUT2D eigenvalue weighted by molar-refractivity contribution is 6.30. The van der Waals surface area contributed by atoms with Crippen LogP contribution in [0, 0.1) is 20.8 Å². The molecule has 0 aliphatic heterocycles. The first-order chi connectivity index (χ1) is 8.47. The van der Waals surface area contributed by atoms with Crippen molar-refractivity contribution < 1.29 is 4.74 Å². The molecular formula is C14H15ClN2O. The van der Waals surface area contributed by atoms with Gasteiger partial charge in [0.05, 0.1) is 10.7 Å². The first-order valence-corrected chi connectivity index (χ1v) is 6.02. The molecule has 0 atom stereocenters. The zero-order valence-electron chi connectivity index (χ0n) is 10.6. The molecule has 1 aromatic carbocycles. The number of rotatable bonds is 2.